The molecule has 0 aliphatic carbocycles. The van der Waals surface area contributed by atoms with Crippen molar-refractivity contribution in [3.05, 3.63) is 55.7 Å². The van der Waals surface area contributed by atoms with Crippen LogP contribution in [-0.2, 0) is 17.9 Å². The number of carbonyl (C=O) groups is 1. The van der Waals surface area contributed by atoms with Crippen molar-refractivity contribution < 1.29 is 18.5 Å². The number of amides is 1. The first-order chi connectivity index (χ1) is 13.3. The Bertz CT molecular complexity index is 912. The van der Waals surface area contributed by atoms with Gasteiger partial charge in [0.15, 0.2) is 11.6 Å². The quantitative estimate of drug-likeness (QED) is 0.508. The van der Waals surface area contributed by atoms with Crippen LogP contribution in [0.2, 0.25) is 0 Å². The third-order valence-electron chi connectivity index (χ3n) is 4.73. The van der Waals surface area contributed by atoms with Crippen LogP contribution in [0.4, 0.5) is 14.6 Å². The lowest BCUT2D eigenvalue weighted by Gasteiger charge is -2.34. The first-order valence-corrected chi connectivity index (χ1v) is 9.37. The molecule has 0 saturated carbocycles. The van der Waals surface area contributed by atoms with E-state index in [2.05, 4.69) is 21.0 Å². The Hall–Kier alpha value is -2.40. The van der Waals surface area contributed by atoms with E-state index in [0.29, 0.717) is 31.9 Å². The normalized spacial score (nSPS) is 15.1. The Morgan fingerprint density at radius 1 is 1.29 bits per heavy atom. The van der Waals surface area contributed by atoms with Crippen molar-refractivity contribution in [3.63, 3.8) is 0 Å². The van der Waals surface area contributed by atoms with E-state index in [0.717, 1.165) is 6.07 Å². The summed E-state index contributed by atoms with van der Waals surface area (Å²) in [6, 6.07) is 4.09. The van der Waals surface area contributed by atoms with Gasteiger partial charge in [0.25, 0.3) is 0 Å². The molecule has 2 heterocycles. The van der Waals surface area contributed by atoms with E-state index >= 15 is 0 Å². The maximum atomic E-state index is 13.8. The van der Waals surface area contributed by atoms with Gasteiger partial charge >= 0.3 is 5.82 Å². The molecular weight excluding hydrogens is 440 g/mol. The van der Waals surface area contributed by atoms with Crippen molar-refractivity contribution in [1.29, 1.82) is 0 Å². The maximum Gasteiger partial charge on any atom is 0.404 e. The second-order valence-electron chi connectivity index (χ2n) is 6.51. The zero-order chi connectivity index (χ0) is 20.4. The summed E-state index contributed by atoms with van der Waals surface area (Å²) in [6.45, 7) is 3.70. The predicted molar refractivity (Wildman–Crippen MR) is 99.5 cm³/mol. The average molecular weight is 458 g/mol. The Labute approximate surface area is 168 Å². The lowest BCUT2D eigenvalue weighted by Crippen LogP contribution is -2.49. The lowest BCUT2D eigenvalue weighted by molar-refractivity contribution is -0.390. The SMILES string of the molecule is Cc1c(Br)c([N+](=O)[O-])nn1CC(=O)N1CCN(Cc2cccc(F)c2F)CC1. The number of nitrogens with zero attached hydrogens (tertiary/aromatic N) is 5. The molecule has 28 heavy (non-hydrogen) atoms. The fourth-order valence-corrected chi connectivity index (χ4v) is 3.50. The van der Waals surface area contributed by atoms with Crippen LogP contribution in [0.1, 0.15) is 11.3 Å². The van der Waals surface area contributed by atoms with Crippen molar-refractivity contribution in [3.8, 4) is 0 Å². The van der Waals surface area contributed by atoms with Gasteiger partial charge in [-0.2, -0.15) is 4.68 Å². The van der Waals surface area contributed by atoms with Gasteiger partial charge in [-0.05, 0) is 33.8 Å². The van der Waals surface area contributed by atoms with E-state index in [1.165, 1.54) is 10.7 Å². The smallest absolute Gasteiger partial charge is 0.358 e. The number of piperazine rings is 1. The van der Waals surface area contributed by atoms with Crippen molar-refractivity contribution in [1.82, 2.24) is 19.6 Å². The molecule has 1 aliphatic rings. The molecule has 1 aliphatic heterocycles. The number of benzene rings is 1. The summed E-state index contributed by atoms with van der Waals surface area (Å²) in [7, 11) is 0. The largest absolute Gasteiger partial charge is 0.404 e. The van der Waals surface area contributed by atoms with Crippen LogP contribution >= 0.6 is 15.9 Å². The highest BCUT2D eigenvalue weighted by Crippen LogP contribution is 2.27. The number of carbonyl (C=O) groups excluding carboxylic acids is 1. The molecule has 0 radical (unpaired) electrons. The summed E-state index contributed by atoms with van der Waals surface area (Å²) in [5.41, 5.74) is 0.782. The second kappa shape index (κ2) is 8.31. The van der Waals surface area contributed by atoms with E-state index in [1.807, 2.05) is 4.90 Å². The topological polar surface area (TPSA) is 84.5 Å². The molecule has 0 atom stereocenters. The molecule has 150 valence electrons. The van der Waals surface area contributed by atoms with Gasteiger partial charge in [-0.3, -0.25) is 9.69 Å². The Balaban J connectivity index is 1.58. The van der Waals surface area contributed by atoms with E-state index in [-0.39, 0.29) is 34.9 Å². The summed E-state index contributed by atoms with van der Waals surface area (Å²) in [5.74, 6) is -2.25. The molecule has 1 fully saturated rings. The zero-order valence-corrected chi connectivity index (χ0v) is 16.7. The average Bonchev–Trinajstić information content (AvgIpc) is 2.94. The van der Waals surface area contributed by atoms with Gasteiger partial charge in [-0.25, -0.2) is 8.78 Å². The van der Waals surface area contributed by atoms with E-state index < -0.39 is 16.6 Å². The minimum atomic E-state index is -0.874. The van der Waals surface area contributed by atoms with Gasteiger partial charge in [-0.1, -0.05) is 12.1 Å². The van der Waals surface area contributed by atoms with Gasteiger partial charge in [0.1, 0.15) is 11.0 Å². The molecular formula is C17H18BrF2N5O3. The fraction of sp³-hybridized carbons (Fsp3) is 0.412. The number of nitro groups is 1. The molecule has 3 rings (SSSR count). The summed E-state index contributed by atoms with van der Waals surface area (Å²) < 4.78 is 28.7. The van der Waals surface area contributed by atoms with Crippen LogP contribution in [-0.4, -0.2) is 56.6 Å². The highest BCUT2D eigenvalue weighted by Gasteiger charge is 2.27. The summed E-state index contributed by atoms with van der Waals surface area (Å²) >= 11 is 3.12. The number of aromatic nitrogens is 2. The highest BCUT2D eigenvalue weighted by molar-refractivity contribution is 9.10. The molecule has 1 saturated heterocycles. The van der Waals surface area contributed by atoms with Crippen LogP contribution in [0.15, 0.2) is 22.7 Å². The minimum absolute atomic E-state index is 0.100. The molecule has 1 aromatic carbocycles. The van der Waals surface area contributed by atoms with Gasteiger partial charge < -0.3 is 15.0 Å². The van der Waals surface area contributed by atoms with Crippen LogP contribution < -0.4 is 0 Å². The summed E-state index contributed by atoms with van der Waals surface area (Å²) in [6.07, 6.45) is 0. The van der Waals surface area contributed by atoms with Crippen molar-refractivity contribution >= 4 is 27.7 Å². The lowest BCUT2D eigenvalue weighted by atomic mass is 10.1. The fourth-order valence-electron chi connectivity index (χ4n) is 3.07. The highest BCUT2D eigenvalue weighted by atomic mass is 79.9. The second-order valence-corrected chi connectivity index (χ2v) is 7.30. The first-order valence-electron chi connectivity index (χ1n) is 8.58. The van der Waals surface area contributed by atoms with Crippen molar-refractivity contribution in [2.24, 2.45) is 0 Å². The molecule has 8 nitrogen and oxygen atoms in total. The molecule has 0 spiro atoms. The van der Waals surface area contributed by atoms with Gasteiger partial charge in [-0.15, -0.1) is 0 Å². The molecule has 1 aromatic heterocycles. The molecule has 0 bridgehead atoms. The van der Waals surface area contributed by atoms with Crippen LogP contribution in [0.3, 0.4) is 0 Å². The van der Waals surface area contributed by atoms with Gasteiger partial charge in [0, 0.05) is 38.3 Å². The Kier molecular flexibility index (Phi) is 6.04. The van der Waals surface area contributed by atoms with Crippen LogP contribution in [0.5, 0.6) is 0 Å². The van der Waals surface area contributed by atoms with Gasteiger partial charge in [0.05, 0.1) is 10.8 Å². The van der Waals surface area contributed by atoms with E-state index in [9.17, 15) is 23.7 Å². The predicted octanol–water partition coefficient (Wildman–Crippen LogP) is 2.48. The summed E-state index contributed by atoms with van der Waals surface area (Å²) in [4.78, 5) is 26.5. The van der Waals surface area contributed by atoms with Crippen LogP contribution in [0, 0.1) is 28.7 Å². The number of hydrogen-bond donors (Lipinski definition) is 0. The minimum Gasteiger partial charge on any atom is -0.358 e. The molecule has 1 amide bonds. The first kappa shape index (κ1) is 20.3. The third kappa shape index (κ3) is 4.20. The Morgan fingerprint density at radius 2 is 1.96 bits per heavy atom. The molecule has 2 aromatic rings. The van der Waals surface area contributed by atoms with Crippen molar-refractivity contribution in [2.75, 3.05) is 26.2 Å². The molecule has 0 unspecified atom stereocenters. The Morgan fingerprint density at radius 3 is 2.57 bits per heavy atom. The number of halogens is 3. The standard InChI is InChI=1S/C17H18BrF2N5O3/c1-11-15(18)17(25(27)28)21-24(11)10-14(26)23-7-5-22(6-8-23)9-12-3-2-4-13(19)16(12)20/h2-4H,5-10H2,1H3. The van der Waals surface area contributed by atoms with E-state index in [1.54, 1.807) is 17.9 Å². The number of hydrogen-bond acceptors (Lipinski definition) is 5. The maximum absolute atomic E-state index is 13.8. The summed E-state index contributed by atoms with van der Waals surface area (Å²) in [5, 5.41) is 14.8. The molecule has 0 N–H and O–H groups in total. The third-order valence-corrected chi connectivity index (χ3v) is 5.65. The number of rotatable bonds is 5. The van der Waals surface area contributed by atoms with E-state index in [4.69, 9.17) is 0 Å². The monoisotopic (exact) mass is 457 g/mol. The van der Waals surface area contributed by atoms with Crippen molar-refractivity contribution in [2.45, 2.75) is 20.0 Å². The molecule has 11 heteroatoms. The zero-order valence-electron chi connectivity index (χ0n) is 15.1. The van der Waals surface area contributed by atoms with Crippen LogP contribution in [0.25, 0.3) is 0 Å². The van der Waals surface area contributed by atoms with Gasteiger partial charge in [0.2, 0.25) is 5.91 Å².